The van der Waals surface area contributed by atoms with E-state index in [0.29, 0.717) is 12.2 Å². The molecule has 0 radical (unpaired) electrons. The number of carbonyl (C=O) groups excluding carboxylic acids is 1. The van der Waals surface area contributed by atoms with Gasteiger partial charge in [-0.2, -0.15) is 5.10 Å². The minimum atomic E-state index is -0.169. The number of carbonyl (C=O) groups is 1. The smallest absolute Gasteiger partial charge is 0.276 e. The summed E-state index contributed by atoms with van der Waals surface area (Å²) >= 11 is 0. The average Bonchev–Trinajstić information content (AvgIpc) is 2.99. The van der Waals surface area contributed by atoms with Crippen LogP contribution in [-0.4, -0.2) is 29.3 Å². The van der Waals surface area contributed by atoms with Crippen molar-refractivity contribution < 1.29 is 9.53 Å². The lowest BCUT2D eigenvalue weighted by molar-refractivity contribution is 0.102. The number of hydrogen-bond donors (Lipinski definition) is 3. The molecule has 0 aliphatic carbocycles. The third kappa shape index (κ3) is 3.04. The van der Waals surface area contributed by atoms with Gasteiger partial charge in [0.25, 0.3) is 5.91 Å². The van der Waals surface area contributed by atoms with Crippen LogP contribution in [0.1, 0.15) is 33.7 Å². The van der Waals surface area contributed by atoms with E-state index in [9.17, 15) is 4.79 Å². The molecule has 1 aromatic carbocycles. The molecule has 3 N–H and O–H groups in total. The van der Waals surface area contributed by atoms with Gasteiger partial charge < -0.3 is 15.4 Å². The van der Waals surface area contributed by atoms with Crippen LogP contribution in [0, 0.1) is 0 Å². The Morgan fingerprint density at radius 3 is 3.13 bits per heavy atom. The van der Waals surface area contributed by atoms with Gasteiger partial charge in [0.2, 0.25) is 0 Å². The number of amides is 1. The Labute approximate surface area is 140 Å². The maximum atomic E-state index is 12.5. The molecule has 0 atom stereocenters. The van der Waals surface area contributed by atoms with E-state index in [1.54, 1.807) is 0 Å². The van der Waals surface area contributed by atoms with E-state index in [4.69, 9.17) is 4.74 Å². The third-order valence-corrected chi connectivity index (χ3v) is 4.19. The largest absolute Gasteiger partial charge is 0.493 e. The monoisotopic (exact) mass is 334 g/mol. The van der Waals surface area contributed by atoms with Crippen LogP contribution in [-0.2, 0) is 19.4 Å². The Bertz CT molecular complexity index is 729. The molecule has 1 amide bonds. The number of rotatable bonds is 2. The van der Waals surface area contributed by atoms with Gasteiger partial charge in [-0.25, -0.2) is 0 Å². The first-order chi connectivity index (χ1) is 10.8. The minimum absolute atomic E-state index is 0. The van der Waals surface area contributed by atoms with Crippen molar-refractivity contribution in [3.8, 4) is 5.75 Å². The van der Waals surface area contributed by atoms with Crippen molar-refractivity contribution in [3.05, 3.63) is 40.7 Å². The van der Waals surface area contributed by atoms with Crippen LogP contribution in [0.2, 0.25) is 0 Å². The topological polar surface area (TPSA) is 79.0 Å². The summed E-state index contributed by atoms with van der Waals surface area (Å²) in [6.07, 6.45) is 2.88. The van der Waals surface area contributed by atoms with E-state index >= 15 is 0 Å². The molecular formula is C16H19ClN4O2. The molecule has 4 rings (SSSR count). The maximum Gasteiger partial charge on any atom is 0.276 e. The number of nitrogens with one attached hydrogen (secondary N) is 3. The lowest BCUT2D eigenvalue weighted by Crippen LogP contribution is -2.25. The number of aromatic nitrogens is 2. The van der Waals surface area contributed by atoms with Crippen molar-refractivity contribution in [2.24, 2.45) is 0 Å². The second kappa shape index (κ2) is 6.60. The SMILES string of the molecule is Cl.O=C(Nc1ccc2c(c1)CCCO2)c1n[nH]c2c1CNCC2. The molecule has 3 heterocycles. The highest BCUT2D eigenvalue weighted by Crippen LogP contribution is 2.28. The zero-order valence-electron chi connectivity index (χ0n) is 12.6. The zero-order chi connectivity index (χ0) is 14.9. The van der Waals surface area contributed by atoms with Crippen molar-refractivity contribution >= 4 is 24.0 Å². The van der Waals surface area contributed by atoms with Gasteiger partial charge in [-0.3, -0.25) is 9.89 Å². The second-order valence-corrected chi connectivity index (χ2v) is 5.68. The molecular weight excluding hydrogens is 316 g/mol. The molecule has 6 nitrogen and oxygen atoms in total. The van der Waals surface area contributed by atoms with Gasteiger partial charge in [-0.1, -0.05) is 0 Å². The lowest BCUT2D eigenvalue weighted by Gasteiger charge is -2.18. The maximum absolute atomic E-state index is 12.5. The lowest BCUT2D eigenvalue weighted by atomic mass is 10.1. The summed E-state index contributed by atoms with van der Waals surface area (Å²) in [6, 6.07) is 5.79. The van der Waals surface area contributed by atoms with Crippen molar-refractivity contribution in [3.63, 3.8) is 0 Å². The number of fused-ring (bicyclic) bond motifs is 2. The Morgan fingerprint density at radius 2 is 2.22 bits per heavy atom. The average molecular weight is 335 g/mol. The summed E-state index contributed by atoms with van der Waals surface area (Å²) in [5.41, 5.74) is 4.45. The summed E-state index contributed by atoms with van der Waals surface area (Å²) in [6.45, 7) is 2.37. The van der Waals surface area contributed by atoms with Gasteiger partial charge in [-0.05, 0) is 36.6 Å². The predicted octanol–water partition coefficient (Wildman–Crippen LogP) is 2.05. The fraction of sp³-hybridized carbons (Fsp3) is 0.375. The van der Waals surface area contributed by atoms with Gasteiger partial charge >= 0.3 is 0 Å². The second-order valence-electron chi connectivity index (χ2n) is 5.68. The van der Waals surface area contributed by atoms with Crippen molar-refractivity contribution in [1.82, 2.24) is 15.5 Å². The molecule has 0 saturated carbocycles. The number of benzene rings is 1. The first-order valence-electron chi connectivity index (χ1n) is 7.65. The summed E-state index contributed by atoms with van der Waals surface area (Å²) < 4.78 is 5.59. The van der Waals surface area contributed by atoms with Crippen molar-refractivity contribution in [2.45, 2.75) is 25.8 Å². The van der Waals surface area contributed by atoms with Crippen LogP contribution in [0.5, 0.6) is 5.75 Å². The minimum Gasteiger partial charge on any atom is -0.493 e. The number of nitrogens with zero attached hydrogens (tertiary/aromatic N) is 1. The van der Waals surface area contributed by atoms with Crippen LogP contribution in [0.4, 0.5) is 5.69 Å². The van der Waals surface area contributed by atoms with Gasteiger partial charge in [0.05, 0.1) is 6.61 Å². The molecule has 1 aromatic heterocycles. The highest BCUT2D eigenvalue weighted by molar-refractivity contribution is 6.04. The molecule has 122 valence electrons. The van der Waals surface area contributed by atoms with Crippen LogP contribution in [0.3, 0.4) is 0 Å². The molecule has 0 bridgehead atoms. The van der Waals surface area contributed by atoms with Crippen LogP contribution in [0.15, 0.2) is 18.2 Å². The van der Waals surface area contributed by atoms with Gasteiger partial charge in [0, 0.05) is 36.5 Å². The molecule has 2 aromatic rings. The summed E-state index contributed by atoms with van der Waals surface area (Å²) in [5, 5.41) is 13.4. The summed E-state index contributed by atoms with van der Waals surface area (Å²) in [7, 11) is 0. The molecule has 2 aliphatic rings. The number of aryl methyl sites for hydroxylation is 1. The van der Waals surface area contributed by atoms with Crippen LogP contribution < -0.4 is 15.4 Å². The Balaban J connectivity index is 0.00000156. The summed E-state index contributed by atoms with van der Waals surface area (Å²) in [5.74, 6) is 0.753. The van der Waals surface area contributed by atoms with E-state index in [2.05, 4.69) is 20.8 Å². The molecule has 23 heavy (non-hydrogen) atoms. The highest BCUT2D eigenvalue weighted by Gasteiger charge is 2.22. The third-order valence-electron chi connectivity index (χ3n) is 4.19. The highest BCUT2D eigenvalue weighted by atomic mass is 35.5. The number of ether oxygens (including phenoxy) is 1. The van der Waals surface area contributed by atoms with Crippen LogP contribution in [0.25, 0.3) is 0 Å². The Hall–Kier alpha value is -2.05. The fourth-order valence-electron chi connectivity index (χ4n) is 3.04. The number of halogens is 1. The van der Waals surface area contributed by atoms with Crippen LogP contribution >= 0.6 is 12.4 Å². The molecule has 2 aliphatic heterocycles. The zero-order valence-corrected chi connectivity index (χ0v) is 13.5. The van der Waals surface area contributed by atoms with Gasteiger partial charge in [0.15, 0.2) is 5.69 Å². The Morgan fingerprint density at radius 1 is 1.30 bits per heavy atom. The Kier molecular flexibility index (Phi) is 4.54. The van der Waals surface area contributed by atoms with Gasteiger partial charge in [0.1, 0.15) is 5.75 Å². The van der Waals surface area contributed by atoms with E-state index in [0.717, 1.165) is 60.7 Å². The van der Waals surface area contributed by atoms with Crippen molar-refractivity contribution in [1.29, 1.82) is 0 Å². The van der Waals surface area contributed by atoms with E-state index in [1.807, 2.05) is 18.2 Å². The quantitative estimate of drug-likeness (QED) is 0.785. The van der Waals surface area contributed by atoms with E-state index < -0.39 is 0 Å². The molecule has 7 heteroatoms. The number of anilines is 1. The predicted molar refractivity (Wildman–Crippen MR) is 89.5 cm³/mol. The van der Waals surface area contributed by atoms with E-state index in [1.165, 1.54) is 0 Å². The molecule has 0 unspecified atom stereocenters. The normalized spacial score (nSPS) is 15.7. The standard InChI is InChI=1S/C16H18N4O2.ClH/c21-16(15-12-9-17-6-5-13(12)19-20-15)18-11-3-4-14-10(8-11)2-1-7-22-14;/h3-4,8,17H,1-2,5-7,9H2,(H,18,21)(H,19,20);1H. The molecule has 0 spiro atoms. The number of hydrogen-bond acceptors (Lipinski definition) is 4. The van der Waals surface area contributed by atoms with E-state index in [-0.39, 0.29) is 18.3 Å². The van der Waals surface area contributed by atoms with Crippen molar-refractivity contribution in [2.75, 3.05) is 18.5 Å². The first-order valence-corrected chi connectivity index (χ1v) is 7.65. The first kappa shape index (κ1) is 15.8. The molecule has 0 saturated heterocycles. The summed E-state index contributed by atoms with van der Waals surface area (Å²) in [4.78, 5) is 12.5. The molecule has 0 fully saturated rings. The fourth-order valence-corrected chi connectivity index (χ4v) is 3.04. The number of H-pyrrole nitrogens is 1. The van der Waals surface area contributed by atoms with Gasteiger partial charge in [-0.15, -0.1) is 12.4 Å². The number of aromatic amines is 1.